The summed E-state index contributed by atoms with van der Waals surface area (Å²) in [6.07, 6.45) is 12.2. The fourth-order valence-corrected chi connectivity index (χ4v) is 2.53. The van der Waals surface area contributed by atoms with Crippen LogP contribution in [-0.2, 0) is 19.0 Å². The molecule has 0 amide bonds. The maximum atomic E-state index is 11.6. The van der Waals surface area contributed by atoms with E-state index in [1.165, 1.54) is 12.8 Å². The van der Waals surface area contributed by atoms with Gasteiger partial charge in [0.15, 0.2) is 6.61 Å². The van der Waals surface area contributed by atoms with Gasteiger partial charge in [-0.2, -0.15) is 0 Å². The van der Waals surface area contributed by atoms with Gasteiger partial charge in [-0.15, -0.1) is 0 Å². The lowest BCUT2D eigenvalue weighted by molar-refractivity contribution is -0.160. The Kier molecular flexibility index (Phi) is 6.56. The van der Waals surface area contributed by atoms with Gasteiger partial charge in [0.1, 0.15) is 0 Å². The molecular weight excluding hydrogens is 280 g/mol. The molecule has 0 atom stereocenters. The quantitative estimate of drug-likeness (QED) is 0.398. The van der Waals surface area contributed by atoms with Crippen molar-refractivity contribution in [2.75, 3.05) is 6.61 Å². The Labute approximate surface area is 132 Å². The second kappa shape index (κ2) is 8.66. The van der Waals surface area contributed by atoms with Crippen LogP contribution in [-0.4, -0.2) is 18.9 Å². The van der Waals surface area contributed by atoms with E-state index in [0.717, 1.165) is 50.0 Å². The van der Waals surface area contributed by atoms with Crippen molar-refractivity contribution in [2.24, 2.45) is 0 Å². The predicted molar refractivity (Wildman–Crippen MR) is 84.8 cm³/mol. The van der Waals surface area contributed by atoms with Crippen molar-refractivity contribution >= 4 is 5.97 Å². The lowest BCUT2D eigenvalue weighted by atomic mass is 10.1. The van der Waals surface area contributed by atoms with Crippen LogP contribution >= 0.6 is 0 Å². The molecule has 4 heteroatoms. The molecule has 0 aromatic heterocycles. The Bertz CT molecular complexity index is 434. The zero-order chi connectivity index (χ0) is 15.8. The molecule has 0 saturated carbocycles. The normalized spacial score (nSPS) is 18.3. The van der Waals surface area contributed by atoms with E-state index < -0.39 is 12.3 Å². The Morgan fingerprint density at radius 1 is 1.09 bits per heavy atom. The van der Waals surface area contributed by atoms with Gasteiger partial charge in [-0.3, -0.25) is 0 Å². The van der Waals surface area contributed by atoms with Crippen LogP contribution in [0.2, 0.25) is 0 Å². The lowest BCUT2D eigenvalue weighted by Gasteiger charge is -2.25. The summed E-state index contributed by atoms with van der Waals surface area (Å²) in [6.45, 7) is 5.30. The fraction of sp³-hybridized carbons (Fsp3) is 0.611. The summed E-state index contributed by atoms with van der Waals surface area (Å²) < 4.78 is 17.0. The van der Waals surface area contributed by atoms with Gasteiger partial charge in [-0.1, -0.05) is 6.58 Å². The molecule has 0 N–H and O–H groups in total. The minimum Gasteiger partial charge on any atom is -0.456 e. The van der Waals surface area contributed by atoms with Crippen LogP contribution in [0.4, 0.5) is 0 Å². The third-order valence-electron chi connectivity index (χ3n) is 3.76. The summed E-state index contributed by atoms with van der Waals surface area (Å²) in [6, 6.07) is 0. The second-order valence-corrected chi connectivity index (χ2v) is 5.88. The molecule has 0 saturated heterocycles. The van der Waals surface area contributed by atoms with Gasteiger partial charge >= 0.3 is 5.97 Å². The molecule has 0 aromatic carbocycles. The number of hydrogen-bond acceptors (Lipinski definition) is 4. The Morgan fingerprint density at radius 2 is 1.64 bits per heavy atom. The van der Waals surface area contributed by atoms with Crippen molar-refractivity contribution in [1.29, 1.82) is 0 Å². The molecule has 0 radical (unpaired) electrons. The smallest absolute Gasteiger partial charge is 0.333 e. The van der Waals surface area contributed by atoms with Crippen LogP contribution in [0.1, 0.15) is 58.3 Å². The van der Waals surface area contributed by atoms with E-state index in [9.17, 15) is 4.79 Å². The molecule has 2 rings (SSSR count). The number of rotatable bonds is 7. The molecule has 0 unspecified atom stereocenters. The van der Waals surface area contributed by atoms with Crippen molar-refractivity contribution in [3.05, 3.63) is 35.8 Å². The molecule has 122 valence electrons. The molecule has 2 aliphatic rings. The van der Waals surface area contributed by atoms with Crippen LogP contribution in [0.5, 0.6) is 0 Å². The van der Waals surface area contributed by atoms with E-state index >= 15 is 0 Å². The van der Waals surface area contributed by atoms with Crippen LogP contribution in [0.15, 0.2) is 35.8 Å². The van der Waals surface area contributed by atoms with Gasteiger partial charge in [-0.25, -0.2) is 4.79 Å². The molecular formula is C18H26O4. The molecule has 22 heavy (non-hydrogen) atoms. The minimum absolute atomic E-state index is 0.0837. The van der Waals surface area contributed by atoms with Crippen LogP contribution in [0.25, 0.3) is 0 Å². The highest BCUT2D eigenvalue weighted by molar-refractivity contribution is 5.86. The van der Waals surface area contributed by atoms with Crippen LogP contribution < -0.4 is 0 Å². The summed E-state index contributed by atoms with van der Waals surface area (Å²) in [5.41, 5.74) is 0.382. The first kappa shape index (κ1) is 16.7. The Morgan fingerprint density at radius 3 is 2.05 bits per heavy atom. The molecule has 0 aliphatic heterocycles. The molecule has 0 spiro atoms. The van der Waals surface area contributed by atoms with E-state index in [1.807, 2.05) is 0 Å². The molecule has 0 heterocycles. The summed E-state index contributed by atoms with van der Waals surface area (Å²) in [4.78, 5) is 11.6. The first-order valence-electron chi connectivity index (χ1n) is 8.19. The fourth-order valence-electron chi connectivity index (χ4n) is 2.53. The number of carbonyl (C=O) groups excluding carboxylic acids is 1. The highest BCUT2D eigenvalue weighted by Gasteiger charge is 2.19. The van der Waals surface area contributed by atoms with Crippen molar-refractivity contribution < 1.29 is 19.0 Å². The summed E-state index contributed by atoms with van der Waals surface area (Å²) in [5, 5.41) is 0. The standard InChI is InChI=1S/C18H26O4/c1-14(2)18(19)20-13-17(21-15-9-5-3-6-10-15)22-16-11-7-4-8-12-16/h9,11,17H,1,3-8,10,12-13H2,2H3. The van der Waals surface area contributed by atoms with E-state index in [4.69, 9.17) is 14.2 Å². The number of allylic oxidation sites excluding steroid dienone is 4. The number of ether oxygens (including phenoxy) is 3. The average Bonchev–Trinajstić information content (AvgIpc) is 2.54. The lowest BCUT2D eigenvalue weighted by Crippen LogP contribution is -2.26. The van der Waals surface area contributed by atoms with Gasteiger partial charge in [0.2, 0.25) is 0 Å². The third-order valence-corrected chi connectivity index (χ3v) is 3.76. The molecule has 0 fully saturated rings. The van der Waals surface area contributed by atoms with Crippen molar-refractivity contribution in [3.8, 4) is 0 Å². The van der Waals surface area contributed by atoms with Gasteiger partial charge in [0.25, 0.3) is 6.29 Å². The predicted octanol–water partition coefficient (Wildman–Crippen LogP) is 4.38. The van der Waals surface area contributed by atoms with Gasteiger partial charge < -0.3 is 14.2 Å². The number of esters is 1. The Balaban J connectivity index is 1.92. The molecule has 2 aliphatic carbocycles. The van der Waals surface area contributed by atoms with Crippen LogP contribution in [0.3, 0.4) is 0 Å². The number of hydrogen-bond donors (Lipinski definition) is 0. The van der Waals surface area contributed by atoms with Crippen LogP contribution in [0, 0.1) is 0 Å². The summed E-state index contributed by atoms with van der Waals surface area (Å²) >= 11 is 0. The van der Waals surface area contributed by atoms with Crippen molar-refractivity contribution in [3.63, 3.8) is 0 Å². The monoisotopic (exact) mass is 306 g/mol. The molecule has 4 nitrogen and oxygen atoms in total. The largest absolute Gasteiger partial charge is 0.456 e. The maximum Gasteiger partial charge on any atom is 0.333 e. The summed E-state index contributed by atoms with van der Waals surface area (Å²) in [5.74, 6) is 1.48. The van der Waals surface area contributed by atoms with Gasteiger partial charge in [0, 0.05) is 18.4 Å². The number of carbonyl (C=O) groups is 1. The first-order chi connectivity index (χ1) is 10.6. The van der Waals surface area contributed by atoms with Crippen molar-refractivity contribution in [1.82, 2.24) is 0 Å². The van der Waals surface area contributed by atoms with Gasteiger partial charge in [-0.05, 0) is 57.6 Å². The van der Waals surface area contributed by atoms with Gasteiger partial charge in [0.05, 0.1) is 11.5 Å². The highest BCUT2D eigenvalue weighted by atomic mass is 16.7. The van der Waals surface area contributed by atoms with Crippen molar-refractivity contribution in [2.45, 2.75) is 64.6 Å². The maximum absolute atomic E-state index is 11.6. The zero-order valence-corrected chi connectivity index (χ0v) is 13.4. The second-order valence-electron chi connectivity index (χ2n) is 5.88. The van der Waals surface area contributed by atoms with E-state index in [1.54, 1.807) is 6.92 Å². The molecule has 0 bridgehead atoms. The minimum atomic E-state index is -0.572. The van der Waals surface area contributed by atoms with E-state index in [0.29, 0.717) is 5.57 Å². The molecule has 0 aromatic rings. The topological polar surface area (TPSA) is 44.8 Å². The zero-order valence-electron chi connectivity index (χ0n) is 13.4. The SMILES string of the molecule is C=C(C)C(=O)OCC(OC1=CCCCC1)OC1=CCCCC1. The van der Waals surface area contributed by atoms with E-state index in [2.05, 4.69) is 18.7 Å². The average molecular weight is 306 g/mol. The highest BCUT2D eigenvalue weighted by Crippen LogP contribution is 2.24. The Hall–Kier alpha value is -1.71. The van der Waals surface area contributed by atoms with E-state index in [-0.39, 0.29) is 6.61 Å². The first-order valence-corrected chi connectivity index (χ1v) is 8.19. The summed E-state index contributed by atoms with van der Waals surface area (Å²) in [7, 11) is 0. The third kappa shape index (κ3) is 5.58.